The third kappa shape index (κ3) is 2.87. The molecule has 0 spiro atoms. The summed E-state index contributed by atoms with van der Waals surface area (Å²) in [5, 5.41) is 8.82. The van der Waals surface area contributed by atoms with Crippen LogP contribution >= 0.6 is 0 Å². The Morgan fingerprint density at radius 1 is 1.25 bits per heavy atom. The molecule has 0 saturated heterocycles. The number of fused-ring (bicyclic) bond motifs is 1. The molecule has 2 rings (SSSR count). The van der Waals surface area contributed by atoms with Gasteiger partial charge >= 0.3 is 12.0 Å². The third-order valence-corrected chi connectivity index (χ3v) is 3.06. The Hall–Kier alpha value is -2.57. The Bertz CT molecular complexity index is 542. The lowest BCUT2D eigenvalue weighted by Crippen LogP contribution is -2.48. The number of carbonyl (C=O) groups is 3. The van der Waals surface area contributed by atoms with Gasteiger partial charge < -0.3 is 15.7 Å². The van der Waals surface area contributed by atoms with Gasteiger partial charge in [0.2, 0.25) is 5.91 Å². The molecule has 3 amide bonds. The zero-order chi connectivity index (χ0) is 14.7. The minimum Gasteiger partial charge on any atom is -0.480 e. The van der Waals surface area contributed by atoms with Crippen LogP contribution in [0.5, 0.6) is 0 Å². The summed E-state index contributed by atoms with van der Waals surface area (Å²) in [5.41, 5.74) is 6.83. The lowest BCUT2D eigenvalue weighted by molar-refractivity contribution is -0.137. The monoisotopic (exact) mass is 277 g/mol. The smallest absolute Gasteiger partial charge is 0.325 e. The van der Waals surface area contributed by atoms with Crippen molar-refractivity contribution in [3.63, 3.8) is 0 Å². The van der Waals surface area contributed by atoms with E-state index >= 15 is 0 Å². The molecule has 0 radical (unpaired) electrons. The number of rotatable bonds is 4. The van der Waals surface area contributed by atoms with E-state index in [1.807, 2.05) is 12.1 Å². The molecule has 0 bridgehead atoms. The number of aliphatic carboxylic acids is 1. The number of para-hydroxylation sites is 1. The summed E-state index contributed by atoms with van der Waals surface area (Å²) >= 11 is 0. The molecule has 1 aliphatic heterocycles. The summed E-state index contributed by atoms with van der Waals surface area (Å²) in [6.45, 7) is -0.503. The van der Waals surface area contributed by atoms with Gasteiger partial charge in [-0.25, -0.2) is 4.79 Å². The Morgan fingerprint density at radius 3 is 2.60 bits per heavy atom. The van der Waals surface area contributed by atoms with Crippen LogP contribution in [0.4, 0.5) is 10.5 Å². The largest absolute Gasteiger partial charge is 0.480 e. The summed E-state index contributed by atoms with van der Waals surface area (Å²) < 4.78 is 0. The molecular weight excluding hydrogens is 262 g/mol. The molecule has 7 nitrogen and oxygen atoms in total. The van der Waals surface area contributed by atoms with Crippen LogP contribution in [0.15, 0.2) is 24.3 Å². The van der Waals surface area contributed by atoms with Crippen LogP contribution in [0.3, 0.4) is 0 Å². The van der Waals surface area contributed by atoms with Crippen molar-refractivity contribution in [2.24, 2.45) is 5.73 Å². The number of hydrogen-bond acceptors (Lipinski definition) is 3. The first-order valence-corrected chi connectivity index (χ1v) is 6.13. The minimum atomic E-state index is -1.19. The van der Waals surface area contributed by atoms with Gasteiger partial charge in [0.25, 0.3) is 0 Å². The fourth-order valence-corrected chi connectivity index (χ4v) is 2.25. The first kappa shape index (κ1) is 13.9. The number of nitrogens with zero attached hydrogens (tertiary/aromatic N) is 2. The fraction of sp³-hybridized carbons (Fsp3) is 0.308. The molecule has 0 aliphatic carbocycles. The van der Waals surface area contributed by atoms with E-state index < -0.39 is 31.0 Å². The molecule has 1 aliphatic rings. The third-order valence-electron chi connectivity index (χ3n) is 3.06. The van der Waals surface area contributed by atoms with Gasteiger partial charge in [-0.2, -0.15) is 0 Å². The minimum absolute atomic E-state index is 0.413. The van der Waals surface area contributed by atoms with Gasteiger partial charge in [-0.1, -0.05) is 18.2 Å². The van der Waals surface area contributed by atoms with Crippen molar-refractivity contribution in [3.8, 4) is 0 Å². The summed E-state index contributed by atoms with van der Waals surface area (Å²) in [4.78, 5) is 36.5. The number of amides is 3. The molecule has 3 N–H and O–H groups in total. The van der Waals surface area contributed by atoms with Crippen molar-refractivity contribution >= 4 is 23.6 Å². The number of anilines is 1. The Kier molecular flexibility index (Phi) is 3.88. The van der Waals surface area contributed by atoms with E-state index in [0.29, 0.717) is 13.0 Å². The van der Waals surface area contributed by atoms with E-state index in [-0.39, 0.29) is 0 Å². The number of nitrogens with two attached hydrogens (primary N) is 1. The van der Waals surface area contributed by atoms with Crippen molar-refractivity contribution in [1.29, 1.82) is 0 Å². The molecule has 0 aromatic heterocycles. The van der Waals surface area contributed by atoms with E-state index in [0.717, 1.165) is 16.2 Å². The number of carbonyl (C=O) groups excluding carboxylic acids is 2. The maximum Gasteiger partial charge on any atom is 0.325 e. The first-order valence-electron chi connectivity index (χ1n) is 6.13. The van der Waals surface area contributed by atoms with Crippen LogP contribution in [0.25, 0.3) is 0 Å². The zero-order valence-electron chi connectivity index (χ0n) is 10.8. The van der Waals surface area contributed by atoms with E-state index in [1.165, 1.54) is 4.90 Å². The highest BCUT2D eigenvalue weighted by atomic mass is 16.4. The lowest BCUT2D eigenvalue weighted by atomic mass is 10.2. The number of primary amides is 1. The molecule has 0 saturated carbocycles. The molecule has 0 fully saturated rings. The SMILES string of the molecule is NC(=O)CN(CC(=O)O)C(=O)N1CCc2ccccc21. The second-order valence-corrected chi connectivity index (χ2v) is 4.53. The lowest BCUT2D eigenvalue weighted by Gasteiger charge is -2.26. The van der Waals surface area contributed by atoms with Gasteiger partial charge in [-0.15, -0.1) is 0 Å². The topological polar surface area (TPSA) is 104 Å². The second kappa shape index (κ2) is 5.60. The normalized spacial score (nSPS) is 12.9. The summed E-state index contributed by atoms with van der Waals surface area (Å²) in [7, 11) is 0. The van der Waals surface area contributed by atoms with Crippen LogP contribution in [0.1, 0.15) is 5.56 Å². The van der Waals surface area contributed by atoms with Crippen LogP contribution < -0.4 is 10.6 Å². The highest BCUT2D eigenvalue weighted by Gasteiger charge is 2.29. The first-order chi connectivity index (χ1) is 9.49. The van der Waals surface area contributed by atoms with E-state index in [9.17, 15) is 14.4 Å². The molecule has 1 heterocycles. The van der Waals surface area contributed by atoms with E-state index in [2.05, 4.69) is 0 Å². The molecule has 1 aromatic carbocycles. The number of urea groups is 1. The van der Waals surface area contributed by atoms with Gasteiger partial charge in [0.05, 0.1) is 0 Å². The summed E-state index contributed by atoms with van der Waals surface area (Å²) in [6.07, 6.45) is 0.708. The number of benzene rings is 1. The highest BCUT2D eigenvalue weighted by Crippen LogP contribution is 2.28. The Balaban J connectivity index is 2.20. The number of hydrogen-bond donors (Lipinski definition) is 2. The maximum atomic E-state index is 12.4. The standard InChI is InChI=1S/C13H15N3O4/c14-11(17)7-15(8-12(18)19)13(20)16-6-5-9-3-1-2-4-10(9)16/h1-4H,5-8H2,(H2,14,17)(H,18,19). The van der Waals surface area contributed by atoms with Crippen molar-refractivity contribution in [3.05, 3.63) is 29.8 Å². The van der Waals surface area contributed by atoms with Crippen LogP contribution in [0, 0.1) is 0 Å². The predicted octanol–water partition coefficient (Wildman–Crippen LogP) is 0.0410. The van der Waals surface area contributed by atoms with Crippen molar-refractivity contribution in [2.75, 3.05) is 24.5 Å². The number of carboxylic acid groups (broad SMARTS) is 1. The fourth-order valence-electron chi connectivity index (χ4n) is 2.25. The van der Waals surface area contributed by atoms with Gasteiger partial charge in [0.1, 0.15) is 13.1 Å². The summed E-state index contributed by atoms with van der Waals surface area (Å²) in [5.74, 6) is -1.93. The van der Waals surface area contributed by atoms with Crippen LogP contribution in [-0.4, -0.2) is 47.5 Å². The zero-order valence-corrected chi connectivity index (χ0v) is 10.8. The molecular formula is C13H15N3O4. The average molecular weight is 277 g/mol. The Labute approximate surface area is 115 Å². The van der Waals surface area contributed by atoms with E-state index in [1.54, 1.807) is 12.1 Å². The highest BCUT2D eigenvalue weighted by molar-refractivity contribution is 5.97. The second-order valence-electron chi connectivity index (χ2n) is 4.53. The van der Waals surface area contributed by atoms with Crippen molar-refractivity contribution < 1.29 is 19.5 Å². The van der Waals surface area contributed by atoms with Gasteiger partial charge in [-0.3, -0.25) is 14.5 Å². The average Bonchev–Trinajstić information content (AvgIpc) is 2.79. The number of carboxylic acids is 1. The maximum absolute atomic E-state index is 12.4. The van der Waals surface area contributed by atoms with Gasteiger partial charge in [-0.05, 0) is 18.1 Å². The van der Waals surface area contributed by atoms with Gasteiger partial charge in [0, 0.05) is 12.2 Å². The predicted molar refractivity (Wildman–Crippen MR) is 71.3 cm³/mol. The molecule has 106 valence electrons. The van der Waals surface area contributed by atoms with Crippen LogP contribution in [-0.2, 0) is 16.0 Å². The molecule has 0 atom stereocenters. The van der Waals surface area contributed by atoms with Crippen LogP contribution in [0.2, 0.25) is 0 Å². The molecule has 7 heteroatoms. The Morgan fingerprint density at radius 2 is 1.95 bits per heavy atom. The van der Waals surface area contributed by atoms with Crippen molar-refractivity contribution in [1.82, 2.24) is 4.90 Å². The van der Waals surface area contributed by atoms with Crippen molar-refractivity contribution in [2.45, 2.75) is 6.42 Å². The summed E-state index contributed by atoms with van der Waals surface area (Å²) in [6, 6.07) is 6.88. The molecule has 20 heavy (non-hydrogen) atoms. The molecule has 1 aromatic rings. The quantitative estimate of drug-likeness (QED) is 0.810. The van der Waals surface area contributed by atoms with E-state index in [4.69, 9.17) is 10.8 Å². The molecule has 0 unspecified atom stereocenters. The van der Waals surface area contributed by atoms with Gasteiger partial charge in [0.15, 0.2) is 0 Å².